The van der Waals surface area contributed by atoms with E-state index in [0.717, 1.165) is 32.1 Å². The molecular weight excluding hydrogens is 456 g/mol. The molecule has 0 spiro atoms. The zero-order valence-electron chi connectivity index (χ0n) is 23.3. The lowest BCUT2D eigenvalue weighted by atomic mass is 9.59. The SMILES string of the molecule is CCCCCCCC(=O)O[C@@H]1C/C=C(\C)C[C@@H]2O[C@H]3[C@H]4C(C[C@@H](C)[C@@H](OC(C)=O)[C@H]42)[C@@H](C)CO[C@@]13C. The maximum absolute atomic E-state index is 13.0. The first-order valence-corrected chi connectivity index (χ1v) is 14.5. The van der Waals surface area contributed by atoms with Crippen molar-refractivity contribution in [1.82, 2.24) is 0 Å². The molecule has 3 heterocycles. The molecule has 2 bridgehead atoms. The molecule has 3 fully saturated rings. The van der Waals surface area contributed by atoms with Gasteiger partial charge in [-0.3, -0.25) is 9.59 Å². The molecule has 3 aliphatic heterocycles. The molecule has 0 aromatic rings. The van der Waals surface area contributed by atoms with Gasteiger partial charge in [0.1, 0.15) is 17.8 Å². The van der Waals surface area contributed by atoms with Crippen molar-refractivity contribution in [1.29, 1.82) is 0 Å². The van der Waals surface area contributed by atoms with Crippen molar-refractivity contribution in [2.45, 2.75) is 129 Å². The molecule has 36 heavy (non-hydrogen) atoms. The van der Waals surface area contributed by atoms with Gasteiger partial charge in [-0.05, 0) is 50.9 Å². The zero-order chi connectivity index (χ0) is 26.0. The fraction of sp³-hybridized carbons (Fsp3) is 0.867. The van der Waals surface area contributed by atoms with E-state index in [1.807, 2.05) is 0 Å². The van der Waals surface area contributed by atoms with Crippen LogP contribution in [0.15, 0.2) is 11.6 Å². The second-order valence-electron chi connectivity index (χ2n) is 12.3. The molecular formula is C30H48O6. The number of ether oxygens (including phenoxy) is 4. The van der Waals surface area contributed by atoms with Crippen LogP contribution in [0.25, 0.3) is 0 Å². The van der Waals surface area contributed by atoms with Crippen LogP contribution in [0.2, 0.25) is 0 Å². The summed E-state index contributed by atoms with van der Waals surface area (Å²) < 4.78 is 25.9. The van der Waals surface area contributed by atoms with Crippen molar-refractivity contribution in [3.05, 3.63) is 11.6 Å². The van der Waals surface area contributed by atoms with Gasteiger partial charge in [-0.2, -0.15) is 0 Å². The Hall–Kier alpha value is -1.40. The van der Waals surface area contributed by atoms with Gasteiger partial charge in [0, 0.05) is 31.6 Å². The maximum atomic E-state index is 13.0. The van der Waals surface area contributed by atoms with E-state index in [1.165, 1.54) is 25.3 Å². The highest BCUT2D eigenvalue weighted by molar-refractivity contribution is 5.69. The summed E-state index contributed by atoms with van der Waals surface area (Å²) in [6, 6.07) is 0. The van der Waals surface area contributed by atoms with Crippen molar-refractivity contribution in [3.63, 3.8) is 0 Å². The zero-order valence-corrected chi connectivity index (χ0v) is 23.3. The topological polar surface area (TPSA) is 71.1 Å². The normalized spacial score (nSPS) is 43.3. The molecule has 0 amide bonds. The molecule has 6 heteroatoms. The molecule has 6 nitrogen and oxygen atoms in total. The standard InChI is InChI=1S/C30H48O6/c1-7-8-9-10-11-12-25(32)36-24-14-13-18(2)15-23-27-26-22(16-19(3)28(27)34-21(5)31)20(4)17-33-30(24,6)29(26)35-23/h13,19-20,22-24,26-29H,7-12,14-17H2,1-6H3/b18-13+/t19-,20+,22?,23+,24-,26+,27+,28-,29+,30+/m1/s1. The van der Waals surface area contributed by atoms with Gasteiger partial charge in [0.15, 0.2) is 0 Å². The molecule has 1 saturated carbocycles. The monoisotopic (exact) mass is 504 g/mol. The van der Waals surface area contributed by atoms with Crippen LogP contribution >= 0.6 is 0 Å². The molecule has 4 aliphatic rings. The maximum Gasteiger partial charge on any atom is 0.306 e. The molecule has 0 radical (unpaired) electrons. The van der Waals surface area contributed by atoms with Crippen molar-refractivity contribution < 1.29 is 28.5 Å². The fourth-order valence-corrected chi connectivity index (χ4v) is 7.55. The Labute approximate surface area is 217 Å². The van der Waals surface area contributed by atoms with Crippen LogP contribution in [0.4, 0.5) is 0 Å². The Balaban J connectivity index is 1.63. The third-order valence-corrected chi connectivity index (χ3v) is 9.48. The van der Waals surface area contributed by atoms with Crippen molar-refractivity contribution in [2.75, 3.05) is 6.61 Å². The van der Waals surface area contributed by atoms with E-state index in [-0.39, 0.29) is 48.0 Å². The lowest BCUT2D eigenvalue weighted by molar-refractivity contribution is -0.202. The minimum Gasteiger partial charge on any atom is -0.462 e. The Morgan fingerprint density at radius 2 is 1.83 bits per heavy atom. The smallest absolute Gasteiger partial charge is 0.306 e. The van der Waals surface area contributed by atoms with E-state index >= 15 is 0 Å². The quantitative estimate of drug-likeness (QED) is 0.229. The molecule has 2 saturated heterocycles. The molecule has 10 atom stereocenters. The highest BCUT2D eigenvalue weighted by atomic mass is 16.6. The third kappa shape index (κ3) is 5.55. The van der Waals surface area contributed by atoms with Crippen molar-refractivity contribution >= 4 is 11.9 Å². The predicted octanol–water partition coefficient (Wildman–Crippen LogP) is 6.01. The molecule has 0 N–H and O–H groups in total. The van der Waals surface area contributed by atoms with E-state index in [1.54, 1.807) is 0 Å². The number of fused-ring (bicyclic) bond motifs is 2. The average molecular weight is 505 g/mol. The van der Waals surface area contributed by atoms with Crippen LogP contribution in [0.3, 0.4) is 0 Å². The van der Waals surface area contributed by atoms with E-state index < -0.39 is 11.7 Å². The highest BCUT2D eigenvalue weighted by Crippen LogP contribution is 2.57. The molecule has 4 rings (SSSR count). The number of carbonyl (C=O) groups is 2. The van der Waals surface area contributed by atoms with Crippen LogP contribution in [0.1, 0.15) is 99.3 Å². The molecule has 204 valence electrons. The van der Waals surface area contributed by atoms with E-state index in [2.05, 4.69) is 40.7 Å². The number of esters is 2. The van der Waals surface area contributed by atoms with Gasteiger partial charge < -0.3 is 18.9 Å². The highest BCUT2D eigenvalue weighted by Gasteiger charge is 2.65. The molecule has 1 aliphatic carbocycles. The minimum atomic E-state index is -0.749. The summed E-state index contributed by atoms with van der Waals surface area (Å²) in [5.41, 5.74) is 0.481. The number of hydrogen-bond acceptors (Lipinski definition) is 6. The van der Waals surface area contributed by atoms with Crippen molar-refractivity contribution in [2.24, 2.45) is 29.6 Å². The first-order chi connectivity index (χ1) is 17.2. The Bertz CT molecular complexity index is 822. The lowest BCUT2D eigenvalue weighted by Crippen LogP contribution is -2.57. The predicted molar refractivity (Wildman–Crippen MR) is 138 cm³/mol. The number of carbonyl (C=O) groups excluding carboxylic acids is 2. The lowest BCUT2D eigenvalue weighted by Gasteiger charge is -2.47. The van der Waals surface area contributed by atoms with Crippen LogP contribution in [0, 0.1) is 29.6 Å². The Morgan fingerprint density at radius 1 is 1.08 bits per heavy atom. The number of unbranched alkanes of at least 4 members (excludes halogenated alkanes) is 4. The van der Waals surface area contributed by atoms with Crippen LogP contribution in [-0.4, -0.2) is 48.6 Å². The van der Waals surface area contributed by atoms with Gasteiger partial charge in [-0.1, -0.05) is 58.1 Å². The second kappa shape index (κ2) is 11.6. The van der Waals surface area contributed by atoms with Crippen LogP contribution in [0.5, 0.6) is 0 Å². The Kier molecular flexibility index (Phi) is 8.87. The summed E-state index contributed by atoms with van der Waals surface area (Å²) >= 11 is 0. The van der Waals surface area contributed by atoms with Gasteiger partial charge in [-0.15, -0.1) is 0 Å². The summed E-state index contributed by atoms with van der Waals surface area (Å²) in [5, 5.41) is 0. The van der Waals surface area contributed by atoms with Gasteiger partial charge >= 0.3 is 11.9 Å². The number of hydrogen-bond donors (Lipinski definition) is 0. The second-order valence-corrected chi connectivity index (χ2v) is 12.3. The third-order valence-electron chi connectivity index (χ3n) is 9.48. The van der Waals surface area contributed by atoms with Gasteiger partial charge in [0.05, 0.1) is 18.8 Å². The van der Waals surface area contributed by atoms with E-state index in [9.17, 15) is 9.59 Å². The summed E-state index contributed by atoms with van der Waals surface area (Å²) in [7, 11) is 0. The number of rotatable bonds is 8. The summed E-state index contributed by atoms with van der Waals surface area (Å²) in [6.45, 7) is 13.0. The van der Waals surface area contributed by atoms with Crippen LogP contribution in [-0.2, 0) is 28.5 Å². The minimum absolute atomic E-state index is 0.0351. The molecule has 1 unspecified atom stereocenters. The van der Waals surface area contributed by atoms with E-state index in [4.69, 9.17) is 18.9 Å². The molecule has 0 aromatic carbocycles. The van der Waals surface area contributed by atoms with Crippen LogP contribution < -0.4 is 0 Å². The van der Waals surface area contributed by atoms with Crippen molar-refractivity contribution in [3.8, 4) is 0 Å². The largest absolute Gasteiger partial charge is 0.462 e. The summed E-state index contributed by atoms with van der Waals surface area (Å²) in [5.74, 6) is 1.01. The van der Waals surface area contributed by atoms with E-state index in [0.29, 0.717) is 31.3 Å². The average Bonchev–Trinajstić information content (AvgIpc) is 3.17. The first-order valence-electron chi connectivity index (χ1n) is 14.5. The fourth-order valence-electron chi connectivity index (χ4n) is 7.55. The molecule has 0 aromatic heterocycles. The first kappa shape index (κ1) is 27.6. The van der Waals surface area contributed by atoms with Gasteiger partial charge in [0.25, 0.3) is 0 Å². The van der Waals surface area contributed by atoms with Gasteiger partial charge in [0.2, 0.25) is 0 Å². The Morgan fingerprint density at radius 3 is 2.56 bits per heavy atom. The van der Waals surface area contributed by atoms with Gasteiger partial charge in [-0.25, -0.2) is 0 Å². The summed E-state index contributed by atoms with van der Waals surface area (Å²) in [4.78, 5) is 25.1. The summed E-state index contributed by atoms with van der Waals surface area (Å²) in [6.07, 6.45) is 9.77.